The number of carbonyl (C=O) groups excluding carboxylic acids is 3. The molecule has 2 aliphatic heterocycles. The summed E-state index contributed by atoms with van der Waals surface area (Å²) in [4.78, 5) is 43.5. The number of rotatable bonds is 7. The molecule has 44 heavy (non-hydrogen) atoms. The molecule has 6 rings (SSSR count). The van der Waals surface area contributed by atoms with Crippen molar-refractivity contribution in [3.05, 3.63) is 124 Å². The molecule has 4 aromatic carbocycles. The summed E-state index contributed by atoms with van der Waals surface area (Å²) in [6.45, 7) is 4.04. The quantitative estimate of drug-likeness (QED) is 0.173. The fourth-order valence-corrected chi connectivity index (χ4v) is 5.53. The first-order valence-corrected chi connectivity index (χ1v) is 14.5. The number of likely N-dealkylation sites (N-methyl/N-ethyl adjacent to an activating group) is 1. The number of halogens is 2. The summed E-state index contributed by atoms with van der Waals surface area (Å²) < 4.78 is 14.2. The van der Waals surface area contributed by atoms with Gasteiger partial charge in [-0.2, -0.15) is 0 Å². The zero-order valence-electron chi connectivity index (χ0n) is 23.9. The minimum atomic E-state index is -0.745. The molecule has 1 saturated heterocycles. The summed E-state index contributed by atoms with van der Waals surface area (Å²) >= 11 is 6.01. The van der Waals surface area contributed by atoms with E-state index in [0.29, 0.717) is 33.6 Å². The van der Waals surface area contributed by atoms with Crippen LogP contribution >= 0.6 is 11.6 Å². The molecule has 0 atom stereocenters. The molecule has 0 bridgehead atoms. The van der Waals surface area contributed by atoms with Crippen molar-refractivity contribution in [2.24, 2.45) is 0 Å². The van der Waals surface area contributed by atoms with Crippen LogP contribution < -0.4 is 20.9 Å². The molecule has 0 saturated carbocycles. The van der Waals surface area contributed by atoms with Gasteiger partial charge >= 0.3 is 0 Å². The van der Waals surface area contributed by atoms with Crippen molar-refractivity contribution in [2.75, 3.05) is 54.1 Å². The minimum Gasteiger partial charge on any atom is -0.369 e. The van der Waals surface area contributed by atoms with Crippen molar-refractivity contribution in [1.82, 2.24) is 4.90 Å². The maximum absolute atomic E-state index is 14.2. The fraction of sp³-hybridized carbons (Fsp3) is 0.147. The van der Waals surface area contributed by atoms with Gasteiger partial charge in [0.2, 0.25) is 0 Å². The van der Waals surface area contributed by atoms with Crippen LogP contribution in [0.1, 0.15) is 31.8 Å². The SMILES string of the molecule is CN1CCN(c2ccc(NC=C3C(=O)Nc4cc(C(=O)c5cccc(NC(=O)c6c(F)cccc6Cl)c5)ccc43)cc2)CC1. The molecular formula is C34H29ClFN5O3. The zero-order chi connectivity index (χ0) is 30.8. The molecule has 0 unspecified atom stereocenters. The van der Waals surface area contributed by atoms with Gasteiger partial charge < -0.3 is 25.8 Å². The Morgan fingerprint density at radius 1 is 0.886 bits per heavy atom. The molecule has 10 heteroatoms. The predicted molar refractivity (Wildman–Crippen MR) is 172 cm³/mol. The topological polar surface area (TPSA) is 93.8 Å². The summed E-state index contributed by atoms with van der Waals surface area (Å²) in [5, 5.41) is 8.63. The Hall–Kier alpha value is -4.99. The van der Waals surface area contributed by atoms with Crippen molar-refractivity contribution >= 4 is 57.5 Å². The molecule has 0 radical (unpaired) electrons. The van der Waals surface area contributed by atoms with Gasteiger partial charge in [-0.15, -0.1) is 0 Å². The van der Waals surface area contributed by atoms with E-state index in [1.807, 2.05) is 12.1 Å². The summed E-state index contributed by atoms with van der Waals surface area (Å²) in [6.07, 6.45) is 1.67. The van der Waals surface area contributed by atoms with E-state index in [1.54, 1.807) is 42.6 Å². The zero-order valence-corrected chi connectivity index (χ0v) is 24.6. The summed E-state index contributed by atoms with van der Waals surface area (Å²) in [5.41, 5.74) is 4.38. The molecule has 4 aromatic rings. The van der Waals surface area contributed by atoms with Crippen molar-refractivity contribution in [3.8, 4) is 0 Å². The monoisotopic (exact) mass is 609 g/mol. The Morgan fingerprint density at radius 3 is 2.36 bits per heavy atom. The van der Waals surface area contributed by atoms with E-state index in [-0.39, 0.29) is 22.3 Å². The smallest absolute Gasteiger partial charge is 0.260 e. The Kier molecular flexibility index (Phi) is 8.15. The van der Waals surface area contributed by atoms with E-state index in [1.165, 1.54) is 23.9 Å². The molecule has 2 heterocycles. The Morgan fingerprint density at radius 2 is 1.61 bits per heavy atom. The van der Waals surface area contributed by atoms with Gasteiger partial charge in [0.05, 0.1) is 16.2 Å². The van der Waals surface area contributed by atoms with E-state index in [4.69, 9.17) is 11.6 Å². The largest absolute Gasteiger partial charge is 0.369 e. The van der Waals surface area contributed by atoms with Crippen molar-refractivity contribution in [1.29, 1.82) is 0 Å². The van der Waals surface area contributed by atoms with E-state index < -0.39 is 11.7 Å². The fourth-order valence-electron chi connectivity index (χ4n) is 5.28. The van der Waals surface area contributed by atoms with E-state index >= 15 is 0 Å². The van der Waals surface area contributed by atoms with Gasteiger partial charge in [-0.3, -0.25) is 14.4 Å². The molecule has 3 N–H and O–H groups in total. The van der Waals surface area contributed by atoms with Gasteiger partial charge in [-0.25, -0.2) is 4.39 Å². The van der Waals surface area contributed by atoms with Crippen LogP contribution in [-0.2, 0) is 4.79 Å². The Bertz CT molecular complexity index is 1780. The lowest BCUT2D eigenvalue weighted by Crippen LogP contribution is -2.44. The number of benzene rings is 4. The third-order valence-electron chi connectivity index (χ3n) is 7.76. The lowest BCUT2D eigenvalue weighted by atomic mass is 9.99. The van der Waals surface area contributed by atoms with Gasteiger partial charge in [0.25, 0.3) is 11.8 Å². The molecular weight excluding hydrogens is 581 g/mol. The summed E-state index contributed by atoms with van der Waals surface area (Å²) in [7, 11) is 2.13. The van der Waals surface area contributed by atoms with Crippen molar-refractivity contribution in [3.63, 3.8) is 0 Å². The second-order valence-corrected chi connectivity index (χ2v) is 11.1. The molecule has 0 spiro atoms. The van der Waals surface area contributed by atoms with E-state index in [0.717, 1.165) is 37.9 Å². The maximum Gasteiger partial charge on any atom is 0.260 e. The molecule has 1 fully saturated rings. The molecule has 0 aromatic heterocycles. The number of carbonyl (C=O) groups is 3. The van der Waals surface area contributed by atoms with E-state index in [2.05, 4.69) is 44.9 Å². The van der Waals surface area contributed by atoms with Crippen LogP contribution in [-0.4, -0.2) is 55.7 Å². The van der Waals surface area contributed by atoms with Crippen LogP contribution in [0.15, 0.2) is 91.1 Å². The number of nitrogens with one attached hydrogen (secondary N) is 3. The second kappa shape index (κ2) is 12.3. The number of fused-ring (bicyclic) bond motifs is 1. The normalized spacial score (nSPS) is 15.6. The number of nitrogens with zero attached hydrogens (tertiary/aromatic N) is 2. The number of anilines is 4. The standard InChI is InChI=1S/C34H29ClFN5O3/c1-40-14-16-41(17-15-40)25-11-9-23(10-12-25)37-20-27-26-13-8-22(19-30(26)39-33(27)43)32(42)21-4-2-5-24(18-21)38-34(44)31-28(35)6-3-7-29(31)36/h2-13,18-20,37H,14-17H2,1H3,(H,38,44)(H,39,43). The highest BCUT2D eigenvalue weighted by Gasteiger charge is 2.26. The number of hydrogen-bond donors (Lipinski definition) is 3. The number of ketones is 1. The lowest BCUT2D eigenvalue weighted by Gasteiger charge is -2.34. The van der Waals surface area contributed by atoms with Gasteiger partial charge in [0.15, 0.2) is 5.78 Å². The van der Waals surface area contributed by atoms with Crippen LogP contribution in [0, 0.1) is 5.82 Å². The number of hydrogen-bond acceptors (Lipinski definition) is 6. The summed E-state index contributed by atoms with van der Waals surface area (Å²) in [5.74, 6) is -2.05. The van der Waals surface area contributed by atoms with Crippen LogP contribution in [0.5, 0.6) is 0 Å². The third kappa shape index (κ3) is 6.06. The highest BCUT2D eigenvalue weighted by atomic mass is 35.5. The molecule has 2 aliphatic rings. The lowest BCUT2D eigenvalue weighted by molar-refractivity contribution is -0.110. The van der Waals surface area contributed by atoms with Crippen LogP contribution in [0.4, 0.5) is 27.1 Å². The third-order valence-corrected chi connectivity index (χ3v) is 8.07. The van der Waals surface area contributed by atoms with Crippen LogP contribution in [0.2, 0.25) is 5.02 Å². The molecule has 2 amide bonds. The Labute approximate surface area is 259 Å². The average Bonchev–Trinajstić information content (AvgIpc) is 3.34. The minimum absolute atomic E-state index is 0.0161. The Balaban J connectivity index is 1.14. The van der Waals surface area contributed by atoms with Crippen molar-refractivity contribution < 1.29 is 18.8 Å². The second-order valence-electron chi connectivity index (χ2n) is 10.7. The van der Waals surface area contributed by atoms with Gasteiger partial charge in [-0.05, 0) is 61.6 Å². The predicted octanol–water partition coefficient (Wildman–Crippen LogP) is 6.12. The first kappa shape index (κ1) is 29.1. The number of piperazine rings is 1. The molecule has 8 nitrogen and oxygen atoms in total. The van der Waals surface area contributed by atoms with Gasteiger partial charge in [0, 0.05) is 71.8 Å². The number of amides is 2. The van der Waals surface area contributed by atoms with E-state index in [9.17, 15) is 18.8 Å². The first-order chi connectivity index (χ1) is 21.3. The van der Waals surface area contributed by atoms with Crippen LogP contribution in [0.3, 0.4) is 0 Å². The summed E-state index contributed by atoms with van der Waals surface area (Å²) in [6, 6.07) is 23.5. The van der Waals surface area contributed by atoms with Crippen LogP contribution in [0.25, 0.3) is 5.57 Å². The highest BCUT2D eigenvalue weighted by molar-refractivity contribution is 6.34. The highest BCUT2D eigenvalue weighted by Crippen LogP contribution is 2.33. The molecule has 0 aliphatic carbocycles. The van der Waals surface area contributed by atoms with Gasteiger partial charge in [-0.1, -0.05) is 41.9 Å². The average molecular weight is 610 g/mol. The maximum atomic E-state index is 14.2. The van der Waals surface area contributed by atoms with Crippen molar-refractivity contribution in [2.45, 2.75) is 0 Å². The first-order valence-electron chi connectivity index (χ1n) is 14.1. The molecule has 222 valence electrons. The van der Waals surface area contributed by atoms with Gasteiger partial charge in [0.1, 0.15) is 5.82 Å².